The molecule has 2 atom stereocenters. The molecule has 9 heteroatoms. The molecule has 0 unspecified atom stereocenters. The van der Waals surface area contributed by atoms with Gasteiger partial charge in [0.2, 0.25) is 5.91 Å². The van der Waals surface area contributed by atoms with Gasteiger partial charge in [0, 0.05) is 75.0 Å². The number of carbonyl (C=O) groups excluding carboxylic acids is 3. The number of fused-ring (bicyclic) bond motifs is 1. The van der Waals surface area contributed by atoms with Crippen molar-refractivity contribution in [3.8, 4) is 0 Å². The summed E-state index contributed by atoms with van der Waals surface area (Å²) in [4.78, 5) is 48.7. The highest BCUT2D eigenvalue weighted by molar-refractivity contribution is 7.18. The van der Waals surface area contributed by atoms with Gasteiger partial charge in [-0.1, -0.05) is 44.4 Å². The van der Waals surface area contributed by atoms with Crippen molar-refractivity contribution < 1.29 is 14.4 Å². The lowest BCUT2D eigenvalue weighted by Crippen LogP contribution is -2.46. The summed E-state index contributed by atoms with van der Waals surface area (Å²) in [7, 11) is 2.12. The van der Waals surface area contributed by atoms with Gasteiger partial charge in [-0.05, 0) is 50.4 Å². The molecule has 2 fully saturated rings. The van der Waals surface area contributed by atoms with Crippen molar-refractivity contribution in [2.75, 3.05) is 39.8 Å². The lowest BCUT2D eigenvalue weighted by Gasteiger charge is -2.33. The van der Waals surface area contributed by atoms with Gasteiger partial charge in [-0.25, -0.2) is 4.98 Å². The monoisotopic (exact) mass is 600 g/mol. The van der Waals surface area contributed by atoms with E-state index in [1.165, 1.54) is 17.8 Å². The third-order valence-electron chi connectivity index (χ3n) is 8.69. The Morgan fingerprint density at radius 2 is 1.88 bits per heavy atom. The number of carbonyl (C=O) groups is 3. The maximum absolute atomic E-state index is 13.8. The minimum absolute atomic E-state index is 0.0684. The molecule has 2 aromatic rings. The quantitative estimate of drug-likeness (QED) is 0.280. The Kier molecular flexibility index (Phi) is 11.9. The summed E-state index contributed by atoms with van der Waals surface area (Å²) < 4.78 is 0.976. The first kappa shape index (κ1) is 31.8. The van der Waals surface area contributed by atoms with E-state index in [4.69, 9.17) is 16.6 Å². The number of benzene rings is 1. The van der Waals surface area contributed by atoms with E-state index in [1.807, 2.05) is 25.1 Å². The summed E-state index contributed by atoms with van der Waals surface area (Å²) >= 11 is 7.69. The lowest BCUT2D eigenvalue weighted by atomic mass is 9.81. The summed E-state index contributed by atoms with van der Waals surface area (Å²) in [5, 5.41) is 4.81. The molecule has 224 valence electrons. The Balaban J connectivity index is 1.41. The molecule has 1 amide bonds. The van der Waals surface area contributed by atoms with E-state index in [-0.39, 0.29) is 29.9 Å². The van der Waals surface area contributed by atoms with Crippen molar-refractivity contribution in [2.24, 2.45) is 11.8 Å². The lowest BCUT2D eigenvalue weighted by molar-refractivity contribution is -0.130. The molecule has 1 saturated heterocycles. The van der Waals surface area contributed by atoms with Gasteiger partial charge in [-0.15, -0.1) is 11.3 Å². The third kappa shape index (κ3) is 9.43. The maximum atomic E-state index is 13.8. The van der Waals surface area contributed by atoms with E-state index in [2.05, 4.69) is 28.7 Å². The van der Waals surface area contributed by atoms with Crippen LogP contribution in [-0.2, 0) is 20.8 Å². The first-order chi connectivity index (χ1) is 19.7. The highest BCUT2D eigenvalue weighted by atomic mass is 35.5. The number of nitrogens with one attached hydrogen (secondary N) is 1. The third-order valence-corrected chi connectivity index (χ3v) is 9.96. The van der Waals surface area contributed by atoms with Crippen LogP contribution in [0.3, 0.4) is 0 Å². The normalized spacial score (nSPS) is 18.7. The van der Waals surface area contributed by atoms with Crippen LogP contribution < -0.4 is 5.32 Å². The van der Waals surface area contributed by atoms with Gasteiger partial charge in [0.15, 0.2) is 5.78 Å². The summed E-state index contributed by atoms with van der Waals surface area (Å²) in [6.07, 6.45) is 7.60. The van der Waals surface area contributed by atoms with E-state index < -0.39 is 5.92 Å². The Bertz CT molecular complexity index is 1220. The van der Waals surface area contributed by atoms with Crippen molar-refractivity contribution in [3.05, 3.63) is 40.4 Å². The number of nitrogens with zero attached hydrogens (tertiary/aromatic N) is 3. The molecule has 2 aliphatic rings. The topological polar surface area (TPSA) is 82.6 Å². The highest BCUT2D eigenvalue weighted by Crippen LogP contribution is 2.30. The van der Waals surface area contributed by atoms with Crippen molar-refractivity contribution >= 4 is 50.6 Å². The number of thiazole rings is 1. The molecule has 0 bridgehead atoms. The van der Waals surface area contributed by atoms with Crippen LogP contribution in [0, 0.1) is 11.8 Å². The molecule has 0 spiro atoms. The van der Waals surface area contributed by atoms with Gasteiger partial charge in [-0.3, -0.25) is 19.3 Å². The fourth-order valence-corrected chi connectivity index (χ4v) is 7.33. The maximum Gasteiger partial charge on any atom is 0.224 e. The standard InChI is InChI=1S/C32H45ClN4O3S/c1-4-26(38)18-24(19-31-34-28-11-10-25(33)20-30(28)41-31)32(40)35-27(23-8-6-5-7-9-23)12-13-29(39)22(2)21-37-16-14-36(3)15-17-37/h10-11,20,23-24,27H,2,4-9,12-19,21H2,1,3H3,(H,35,40)/t24-,27+/m0/s1. The molecular weight excluding hydrogens is 556 g/mol. The van der Waals surface area contributed by atoms with E-state index in [9.17, 15) is 14.4 Å². The summed E-state index contributed by atoms with van der Waals surface area (Å²) in [5.41, 5.74) is 1.51. The van der Waals surface area contributed by atoms with Crippen LogP contribution in [0.25, 0.3) is 10.2 Å². The zero-order valence-electron chi connectivity index (χ0n) is 24.6. The fraction of sp³-hybridized carbons (Fsp3) is 0.625. The number of Topliss-reactive ketones (excluding diaryl/α,β-unsaturated/α-hetero) is 2. The van der Waals surface area contributed by atoms with Gasteiger partial charge in [0.25, 0.3) is 0 Å². The van der Waals surface area contributed by atoms with Crippen LogP contribution in [0.5, 0.6) is 0 Å². The second kappa shape index (κ2) is 15.4. The molecule has 1 aromatic carbocycles. The van der Waals surface area contributed by atoms with Crippen LogP contribution in [0.2, 0.25) is 5.02 Å². The molecule has 7 nitrogen and oxygen atoms in total. The van der Waals surface area contributed by atoms with Crippen LogP contribution in [-0.4, -0.2) is 78.1 Å². The molecular formula is C32H45ClN4O3S. The minimum atomic E-state index is -0.493. The first-order valence-corrected chi connectivity index (χ1v) is 16.4. The molecule has 2 heterocycles. The second-order valence-corrected chi connectivity index (χ2v) is 13.4. The summed E-state index contributed by atoms with van der Waals surface area (Å²) in [5.74, 6) is -0.0990. The van der Waals surface area contributed by atoms with Crippen LogP contribution >= 0.6 is 22.9 Å². The number of rotatable bonds is 14. The molecule has 1 aliphatic carbocycles. The van der Waals surface area contributed by atoms with Gasteiger partial charge < -0.3 is 10.2 Å². The summed E-state index contributed by atoms with van der Waals surface area (Å²) in [6, 6.07) is 5.50. The molecule has 41 heavy (non-hydrogen) atoms. The minimum Gasteiger partial charge on any atom is -0.353 e. The number of hydrogen-bond donors (Lipinski definition) is 1. The first-order valence-electron chi connectivity index (χ1n) is 15.2. The second-order valence-electron chi connectivity index (χ2n) is 11.9. The van der Waals surface area contributed by atoms with Crippen molar-refractivity contribution in [3.63, 3.8) is 0 Å². The van der Waals surface area contributed by atoms with Crippen molar-refractivity contribution in [1.29, 1.82) is 0 Å². The molecule has 4 rings (SSSR count). The largest absolute Gasteiger partial charge is 0.353 e. The number of piperazine rings is 1. The van der Waals surface area contributed by atoms with E-state index in [0.29, 0.717) is 48.7 Å². The number of halogens is 1. The Hall–Kier alpha value is -2.13. The zero-order valence-corrected chi connectivity index (χ0v) is 26.2. The fourth-order valence-electron chi connectivity index (χ4n) is 6.01. The van der Waals surface area contributed by atoms with E-state index in [0.717, 1.165) is 67.1 Å². The van der Waals surface area contributed by atoms with Gasteiger partial charge in [0.1, 0.15) is 5.78 Å². The van der Waals surface area contributed by atoms with Gasteiger partial charge in [0.05, 0.1) is 21.1 Å². The molecule has 1 aliphatic heterocycles. The molecule has 1 N–H and O–H groups in total. The van der Waals surface area contributed by atoms with Crippen LogP contribution in [0.15, 0.2) is 30.4 Å². The van der Waals surface area contributed by atoms with Crippen molar-refractivity contribution in [1.82, 2.24) is 20.1 Å². The summed E-state index contributed by atoms with van der Waals surface area (Å²) in [6.45, 7) is 10.5. The average Bonchev–Trinajstić information content (AvgIpc) is 3.37. The smallest absolute Gasteiger partial charge is 0.224 e. The van der Waals surface area contributed by atoms with Crippen LogP contribution in [0.1, 0.15) is 69.7 Å². The van der Waals surface area contributed by atoms with Gasteiger partial charge in [-0.2, -0.15) is 0 Å². The Morgan fingerprint density at radius 3 is 2.59 bits per heavy atom. The number of hydrogen-bond acceptors (Lipinski definition) is 7. The van der Waals surface area contributed by atoms with Crippen molar-refractivity contribution in [2.45, 2.75) is 77.2 Å². The van der Waals surface area contributed by atoms with Crippen LogP contribution in [0.4, 0.5) is 0 Å². The number of likely N-dealkylation sites (N-methyl/N-ethyl adjacent to an activating group) is 1. The van der Waals surface area contributed by atoms with E-state index >= 15 is 0 Å². The Morgan fingerprint density at radius 1 is 1.15 bits per heavy atom. The number of aromatic nitrogens is 1. The number of amides is 1. The predicted molar refractivity (Wildman–Crippen MR) is 168 cm³/mol. The zero-order chi connectivity index (χ0) is 29.4. The predicted octanol–water partition coefficient (Wildman–Crippen LogP) is 5.70. The Labute approximate surface area is 253 Å². The highest BCUT2D eigenvalue weighted by Gasteiger charge is 2.30. The van der Waals surface area contributed by atoms with E-state index in [1.54, 1.807) is 0 Å². The van der Waals surface area contributed by atoms with Gasteiger partial charge >= 0.3 is 0 Å². The SMILES string of the molecule is C=C(CN1CCN(C)CC1)C(=O)CC[C@@H](NC(=O)[C@@H](CC(=O)CC)Cc1nc2ccc(Cl)cc2s1)C1CCCCC1. The molecule has 0 radical (unpaired) electrons. The average molecular weight is 601 g/mol. The molecule has 1 aromatic heterocycles. The number of ketones is 2. The molecule has 1 saturated carbocycles.